The summed E-state index contributed by atoms with van der Waals surface area (Å²) in [6, 6.07) is 7.00. The second-order valence-electron chi connectivity index (χ2n) is 6.94. The Morgan fingerprint density at radius 1 is 1.11 bits per heavy atom. The molecule has 0 unspecified atom stereocenters. The third kappa shape index (κ3) is 2.23. The number of fused-ring (bicyclic) bond motifs is 1. The number of aromatic amines is 2. The number of carbonyl (C=O) groups excluding carboxylic acids is 2. The van der Waals surface area contributed by atoms with Gasteiger partial charge < -0.3 is 15.3 Å². The molecule has 1 aromatic carbocycles. The highest BCUT2D eigenvalue weighted by molar-refractivity contribution is 6.31. The van der Waals surface area contributed by atoms with Crippen molar-refractivity contribution in [3.63, 3.8) is 0 Å². The molecule has 1 saturated carbocycles. The van der Waals surface area contributed by atoms with E-state index >= 15 is 0 Å². The van der Waals surface area contributed by atoms with Crippen LogP contribution >= 0.6 is 11.6 Å². The molecule has 136 valence electrons. The van der Waals surface area contributed by atoms with E-state index in [2.05, 4.69) is 20.3 Å². The molecule has 5 rings (SSSR count). The number of hydrogen-bond donors (Lipinski definition) is 3. The molecule has 1 aliphatic carbocycles. The van der Waals surface area contributed by atoms with Gasteiger partial charge in [0.15, 0.2) is 0 Å². The highest BCUT2D eigenvalue weighted by Gasteiger charge is 2.59. The van der Waals surface area contributed by atoms with E-state index in [4.69, 9.17) is 11.6 Å². The van der Waals surface area contributed by atoms with Gasteiger partial charge in [0.25, 0.3) is 5.91 Å². The van der Waals surface area contributed by atoms with Crippen LogP contribution in [0, 0.1) is 0 Å². The molecule has 2 aromatic heterocycles. The Morgan fingerprint density at radius 2 is 1.89 bits per heavy atom. The van der Waals surface area contributed by atoms with Crippen LogP contribution in [0.15, 0.2) is 41.5 Å². The van der Waals surface area contributed by atoms with Gasteiger partial charge in [-0.15, -0.1) is 0 Å². The van der Waals surface area contributed by atoms with Gasteiger partial charge in [0, 0.05) is 5.02 Å². The molecule has 1 aliphatic heterocycles. The number of benzene rings is 1. The Hall–Kier alpha value is -3.13. The quantitative estimate of drug-likeness (QED) is 0.589. The first kappa shape index (κ1) is 16.1. The maximum atomic E-state index is 13.1. The van der Waals surface area contributed by atoms with E-state index < -0.39 is 17.3 Å². The second-order valence-corrected chi connectivity index (χ2v) is 7.35. The number of rotatable bonds is 2. The lowest BCUT2D eigenvalue weighted by Crippen LogP contribution is -2.56. The van der Waals surface area contributed by atoms with Crippen LogP contribution < -0.4 is 15.9 Å². The summed E-state index contributed by atoms with van der Waals surface area (Å²) in [5.41, 5.74) is 0.665. The number of pyridine rings is 1. The summed E-state index contributed by atoms with van der Waals surface area (Å²) in [5.74, 6) is -0.240. The molecule has 1 saturated heterocycles. The van der Waals surface area contributed by atoms with Crippen molar-refractivity contribution in [1.29, 1.82) is 0 Å². The van der Waals surface area contributed by atoms with Crippen molar-refractivity contribution in [1.82, 2.24) is 20.3 Å². The molecule has 27 heavy (non-hydrogen) atoms. The molecule has 1 spiro atoms. The Bertz CT molecular complexity index is 1160. The van der Waals surface area contributed by atoms with Crippen molar-refractivity contribution >= 4 is 40.3 Å². The second kappa shape index (κ2) is 5.43. The third-order valence-electron chi connectivity index (χ3n) is 5.35. The third-order valence-corrected chi connectivity index (χ3v) is 5.69. The van der Waals surface area contributed by atoms with Crippen LogP contribution in [0.25, 0.3) is 11.0 Å². The number of anilines is 1. The smallest absolute Gasteiger partial charge is 0.323 e. The maximum Gasteiger partial charge on any atom is 0.329 e. The number of imidazole rings is 1. The number of aromatic nitrogens is 3. The van der Waals surface area contributed by atoms with E-state index in [1.807, 2.05) is 24.3 Å². The Kier molecular flexibility index (Phi) is 3.23. The lowest BCUT2D eigenvalue weighted by atomic mass is 9.65. The summed E-state index contributed by atoms with van der Waals surface area (Å²) in [6.07, 6.45) is 3.81. The first-order chi connectivity index (χ1) is 13.0. The predicted octanol–water partition coefficient (Wildman–Crippen LogP) is 2.28. The number of nitrogens with zero attached hydrogens (tertiary/aromatic N) is 2. The molecular formula is C18H14ClN5O3. The largest absolute Gasteiger partial charge is 0.329 e. The van der Waals surface area contributed by atoms with Gasteiger partial charge in [-0.1, -0.05) is 29.8 Å². The lowest BCUT2D eigenvalue weighted by molar-refractivity contribution is -0.125. The number of halogens is 1. The van der Waals surface area contributed by atoms with Gasteiger partial charge >= 0.3 is 11.7 Å². The topological polar surface area (TPSA) is 111 Å². The van der Waals surface area contributed by atoms with E-state index in [-0.39, 0.29) is 17.5 Å². The fourth-order valence-corrected chi connectivity index (χ4v) is 4.33. The van der Waals surface area contributed by atoms with Gasteiger partial charge in [0.1, 0.15) is 5.54 Å². The zero-order valence-electron chi connectivity index (χ0n) is 14.0. The Labute approximate surface area is 157 Å². The molecule has 2 aliphatic rings. The van der Waals surface area contributed by atoms with Crippen LogP contribution in [-0.4, -0.2) is 32.4 Å². The summed E-state index contributed by atoms with van der Waals surface area (Å²) < 4.78 is 0. The van der Waals surface area contributed by atoms with Gasteiger partial charge in [-0.2, -0.15) is 0 Å². The Morgan fingerprint density at radius 3 is 2.67 bits per heavy atom. The van der Waals surface area contributed by atoms with Crippen molar-refractivity contribution in [2.75, 3.05) is 4.90 Å². The molecule has 0 bridgehead atoms. The fraction of sp³-hybridized carbons (Fsp3) is 0.222. The number of urea groups is 1. The molecule has 3 heterocycles. The first-order valence-electron chi connectivity index (χ1n) is 8.46. The van der Waals surface area contributed by atoms with Crippen molar-refractivity contribution in [3.05, 3.63) is 57.7 Å². The molecule has 0 radical (unpaired) electrons. The number of carbonyl (C=O) groups is 2. The maximum absolute atomic E-state index is 13.1. The van der Waals surface area contributed by atoms with Gasteiger partial charge in [0.2, 0.25) is 0 Å². The van der Waals surface area contributed by atoms with Gasteiger partial charge in [-0.3, -0.25) is 9.78 Å². The first-order valence-corrected chi connectivity index (χ1v) is 8.83. The van der Waals surface area contributed by atoms with Crippen molar-refractivity contribution in [2.45, 2.75) is 24.3 Å². The number of amides is 3. The number of H-pyrrole nitrogens is 2. The van der Waals surface area contributed by atoms with E-state index in [1.54, 1.807) is 0 Å². The summed E-state index contributed by atoms with van der Waals surface area (Å²) in [7, 11) is 0. The molecule has 2 fully saturated rings. The van der Waals surface area contributed by atoms with E-state index in [9.17, 15) is 14.4 Å². The van der Waals surface area contributed by atoms with E-state index in [1.165, 1.54) is 12.4 Å². The summed E-state index contributed by atoms with van der Waals surface area (Å²) in [6.45, 7) is 0. The highest BCUT2D eigenvalue weighted by atomic mass is 35.5. The predicted molar refractivity (Wildman–Crippen MR) is 98.9 cm³/mol. The number of imide groups is 1. The fourth-order valence-electron chi connectivity index (χ4n) is 4.04. The molecule has 0 atom stereocenters. The summed E-state index contributed by atoms with van der Waals surface area (Å²) >= 11 is 6.26. The minimum Gasteiger partial charge on any atom is -0.323 e. The zero-order chi connectivity index (χ0) is 18.8. The normalized spacial score (nSPS) is 24.5. The number of nitrogens with one attached hydrogen (secondary N) is 3. The summed E-state index contributed by atoms with van der Waals surface area (Å²) in [5, 5.41) is 3.48. The van der Waals surface area contributed by atoms with Gasteiger partial charge in [0.05, 0.1) is 29.1 Å². The zero-order valence-corrected chi connectivity index (χ0v) is 14.7. The van der Waals surface area contributed by atoms with Gasteiger partial charge in [-0.05, 0) is 30.4 Å². The van der Waals surface area contributed by atoms with Crippen LogP contribution in [0.1, 0.15) is 24.3 Å². The standard InChI is InChI=1S/C18H14ClN5O3/c19-11-4-2-1-3-10(11)9-5-18(6-9)15(25)24(17(27)23-18)13-8-20-7-12-14(13)22-16(26)21-12/h1-4,7-9H,5-6H2,(H,23,27)(H2,21,22,26). The van der Waals surface area contributed by atoms with Crippen LogP contribution in [-0.2, 0) is 4.79 Å². The molecule has 3 aromatic rings. The van der Waals surface area contributed by atoms with Gasteiger partial charge in [-0.25, -0.2) is 14.5 Å². The summed E-state index contributed by atoms with van der Waals surface area (Å²) in [4.78, 5) is 47.6. The van der Waals surface area contributed by atoms with E-state index in [0.717, 1.165) is 10.5 Å². The molecule has 3 N–H and O–H groups in total. The Balaban J connectivity index is 1.48. The highest BCUT2D eigenvalue weighted by Crippen LogP contribution is 2.50. The average Bonchev–Trinajstić information content (AvgIpc) is 3.11. The monoisotopic (exact) mass is 383 g/mol. The molecule has 9 heteroatoms. The van der Waals surface area contributed by atoms with Crippen LogP contribution in [0.3, 0.4) is 0 Å². The van der Waals surface area contributed by atoms with Crippen molar-refractivity contribution < 1.29 is 9.59 Å². The number of hydrogen-bond acceptors (Lipinski definition) is 4. The minimum absolute atomic E-state index is 0.101. The van der Waals surface area contributed by atoms with Crippen molar-refractivity contribution in [3.8, 4) is 0 Å². The van der Waals surface area contributed by atoms with Crippen LogP contribution in [0.4, 0.5) is 10.5 Å². The molecule has 8 nitrogen and oxygen atoms in total. The minimum atomic E-state index is -0.945. The van der Waals surface area contributed by atoms with Crippen LogP contribution in [0.5, 0.6) is 0 Å². The SMILES string of the molecule is O=C1NC2(CC(c3ccccc3Cl)C2)C(=O)N1c1cncc2[nH]c(=O)[nH]c12. The van der Waals surface area contributed by atoms with E-state index in [0.29, 0.717) is 28.9 Å². The van der Waals surface area contributed by atoms with Crippen LogP contribution in [0.2, 0.25) is 5.02 Å². The van der Waals surface area contributed by atoms with Crippen molar-refractivity contribution in [2.24, 2.45) is 0 Å². The average molecular weight is 384 g/mol. The molecule has 3 amide bonds. The lowest BCUT2D eigenvalue weighted by Gasteiger charge is -2.43. The molecular weight excluding hydrogens is 370 g/mol.